The molecule has 9 unspecified atom stereocenters. The summed E-state index contributed by atoms with van der Waals surface area (Å²) in [6.07, 6.45) is -0.321. The molecule has 2 N–H and O–H groups in total. The Morgan fingerprint density at radius 2 is 1.76 bits per heavy atom. The molecule has 7 bridgehead atoms. The van der Waals surface area contributed by atoms with E-state index in [0.29, 0.717) is 32.4 Å². The van der Waals surface area contributed by atoms with Crippen LogP contribution >= 0.6 is 0 Å². The van der Waals surface area contributed by atoms with Crippen molar-refractivity contribution in [1.29, 1.82) is 0 Å². The molecule has 1 spiro atoms. The fourth-order valence-corrected chi connectivity index (χ4v) is 13.1. The first-order chi connectivity index (χ1) is 23.9. The number of ether oxygens (including phenoxy) is 5. The number of methoxy groups -OCH3 is 3. The van der Waals surface area contributed by atoms with Crippen LogP contribution in [0.5, 0.6) is 0 Å². The van der Waals surface area contributed by atoms with Gasteiger partial charge in [-0.05, 0) is 43.9 Å². The fraction of sp³-hybridized carbons (Fsp3) is 0.730. The van der Waals surface area contributed by atoms with Gasteiger partial charge >= 0.3 is 11.9 Å². The monoisotopic (exact) mass is 696 g/mol. The van der Waals surface area contributed by atoms with Crippen LogP contribution in [0.25, 0.3) is 0 Å². The lowest BCUT2D eigenvalue weighted by Crippen LogP contribution is -2.82. The Bertz CT molecular complexity index is 1600. The highest BCUT2D eigenvalue weighted by molar-refractivity contribution is 6.21. The highest BCUT2D eigenvalue weighted by Gasteiger charge is 2.92. The summed E-state index contributed by atoms with van der Waals surface area (Å²) in [5, 5.41) is 26.4. The van der Waals surface area contributed by atoms with Crippen LogP contribution in [0.15, 0.2) is 24.3 Å². The quantitative estimate of drug-likeness (QED) is 0.285. The van der Waals surface area contributed by atoms with Crippen LogP contribution in [0.1, 0.15) is 62.7 Å². The Kier molecular flexibility index (Phi) is 7.88. The van der Waals surface area contributed by atoms with Gasteiger partial charge in [-0.15, -0.1) is 0 Å². The first kappa shape index (κ1) is 34.2. The fourth-order valence-electron chi connectivity index (χ4n) is 13.1. The topological polar surface area (TPSA) is 161 Å². The number of aliphatic hydroxyl groups is 2. The molecule has 7 fully saturated rings. The van der Waals surface area contributed by atoms with Gasteiger partial charge in [0.05, 0.1) is 48.3 Å². The lowest BCUT2D eigenvalue weighted by molar-refractivity contribution is -0.322. The molecule has 13 atom stereocenters. The van der Waals surface area contributed by atoms with Crippen LogP contribution in [0.2, 0.25) is 0 Å². The molecule has 2 saturated heterocycles. The molecule has 2 heterocycles. The summed E-state index contributed by atoms with van der Waals surface area (Å²) < 4.78 is 31.3. The van der Waals surface area contributed by atoms with E-state index < -0.39 is 64.1 Å². The summed E-state index contributed by atoms with van der Waals surface area (Å²) in [5.41, 5.74) is -4.77. The van der Waals surface area contributed by atoms with Crippen molar-refractivity contribution in [3.8, 4) is 0 Å². The van der Waals surface area contributed by atoms with E-state index in [9.17, 15) is 29.4 Å². The first-order valence-electron chi connectivity index (χ1n) is 18.0. The average Bonchev–Trinajstić information content (AvgIpc) is 3.66. The molecule has 50 heavy (non-hydrogen) atoms. The van der Waals surface area contributed by atoms with E-state index in [-0.39, 0.29) is 73.0 Å². The number of piperidine rings is 1. The molecular formula is C37H48N2O11. The van der Waals surface area contributed by atoms with Crippen LogP contribution in [-0.4, -0.2) is 122 Å². The number of aliphatic hydroxyl groups excluding tert-OH is 1. The second-order valence-electron chi connectivity index (χ2n) is 15.7. The molecule has 1 aromatic rings. The predicted octanol–water partition coefficient (Wildman–Crippen LogP) is 1.71. The van der Waals surface area contributed by atoms with Crippen LogP contribution < -0.4 is 4.90 Å². The van der Waals surface area contributed by atoms with Gasteiger partial charge in [0.1, 0.15) is 5.60 Å². The summed E-state index contributed by atoms with van der Waals surface area (Å²) in [4.78, 5) is 55.6. The van der Waals surface area contributed by atoms with Crippen molar-refractivity contribution in [2.75, 3.05) is 45.9 Å². The number of anilines is 1. The van der Waals surface area contributed by atoms with Crippen molar-refractivity contribution in [2.24, 2.45) is 34.5 Å². The van der Waals surface area contributed by atoms with Crippen molar-refractivity contribution in [1.82, 2.24) is 4.90 Å². The zero-order valence-corrected chi connectivity index (χ0v) is 29.3. The van der Waals surface area contributed by atoms with Gasteiger partial charge in [-0.1, -0.05) is 19.1 Å². The van der Waals surface area contributed by atoms with Crippen molar-refractivity contribution < 1.29 is 53.1 Å². The second kappa shape index (κ2) is 11.5. The number of hydrogen-bond acceptors (Lipinski definition) is 12. The van der Waals surface area contributed by atoms with Gasteiger partial charge in [0, 0.05) is 82.6 Å². The molecule has 2 amide bonds. The average molecular weight is 697 g/mol. The van der Waals surface area contributed by atoms with Gasteiger partial charge in [-0.2, -0.15) is 0 Å². The van der Waals surface area contributed by atoms with Crippen molar-refractivity contribution in [3.63, 3.8) is 0 Å². The number of likely N-dealkylation sites (tertiary alicyclic amines) is 1. The van der Waals surface area contributed by atoms with Gasteiger partial charge < -0.3 is 33.9 Å². The minimum Gasteiger partial charge on any atom is -0.461 e. The number of benzene rings is 1. The van der Waals surface area contributed by atoms with Gasteiger partial charge in [-0.25, -0.2) is 9.69 Å². The molecule has 2 aliphatic heterocycles. The zero-order chi connectivity index (χ0) is 35.5. The van der Waals surface area contributed by atoms with Crippen LogP contribution in [0.4, 0.5) is 5.69 Å². The maximum atomic E-state index is 14.0. The molecule has 5 saturated carbocycles. The Hall–Kier alpha value is -2.94. The minimum atomic E-state index is -1.93. The Morgan fingerprint density at radius 1 is 1.04 bits per heavy atom. The Balaban J connectivity index is 1.25. The number of likely N-dealkylation sites (N-methyl/N-ethyl adjacent to an activating group) is 1. The molecular weight excluding hydrogens is 648 g/mol. The maximum Gasteiger partial charge on any atom is 0.340 e. The maximum absolute atomic E-state index is 14.0. The molecule has 13 heteroatoms. The van der Waals surface area contributed by atoms with Crippen molar-refractivity contribution >= 4 is 29.4 Å². The van der Waals surface area contributed by atoms with Crippen LogP contribution in [0.3, 0.4) is 0 Å². The van der Waals surface area contributed by atoms with E-state index in [1.54, 1.807) is 45.6 Å². The van der Waals surface area contributed by atoms with Gasteiger partial charge in [0.2, 0.25) is 11.8 Å². The van der Waals surface area contributed by atoms with E-state index in [1.807, 2.05) is 6.92 Å². The van der Waals surface area contributed by atoms with Gasteiger partial charge in [0.15, 0.2) is 5.60 Å². The molecule has 1 aromatic carbocycles. The van der Waals surface area contributed by atoms with Crippen molar-refractivity contribution in [2.45, 2.75) is 94.0 Å². The summed E-state index contributed by atoms with van der Waals surface area (Å²) >= 11 is 0. The molecule has 5 aliphatic carbocycles. The number of para-hydroxylation sites is 1. The van der Waals surface area contributed by atoms with E-state index in [1.165, 1.54) is 6.92 Å². The normalized spacial score (nSPS) is 45.6. The minimum absolute atomic E-state index is 0.0341. The number of fused-ring (bicyclic) bond motifs is 2. The van der Waals surface area contributed by atoms with E-state index in [2.05, 4.69) is 4.90 Å². The highest BCUT2D eigenvalue weighted by atomic mass is 16.6. The number of nitrogens with zero attached hydrogens (tertiary/aromatic N) is 2. The Morgan fingerprint density at radius 3 is 2.40 bits per heavy atom. The molecule has 8 rings (SSSR count). The summed E-state index contributed by atoms with van der Waals surface area (Å²) in [5.74, 6) is -3.22. The lowest BCUT2D eigenvalue weighted by Gasteiger charge is -2.70. The van der Waals surface area contributed by atoms with E-state index >= 15 is 0 Å². The standard InChI is InChI=1S/C37H48N2O11/c1-6-38-17-34(18-49-32(44)20-9-7-8-10-23(20)39-26(41)11-12-27(39)42)14-13-25(47-4)36-22-15-21-24(46-3)16-35(50-19(2)40,28(22)29(21)48-5)37(45,33(36)38)31(43)30(34)36/h7-10,21-22,24-25,28-31,33,43,45H,6,11-18H2,1-5H3/t21?,22?,24-,25?,28?,29?,30?,31?,33?,34-,35+,36?,37-/m0/s1. The molecule has 272 valence electrons. The van der Waals surface area contributed by atoms with Crippen LogP contribution in [0, 0.1) is 34.5 Å². The SMILES string of the molecule is CCN1C[C@]2(COC(=O)c3ccccc3N3C(=O)CCC3=O)CCC(OC)C34C5CC6C(OC)C5[C@](OC(C)=O)(C[C@@H]6OC)[C@](O)(C(O)C32)C14. The van der Waals surface area contributed by atoms with E-state index in [4.69, 9.17) is 23.7 Å². The summed E-state index contributed by atoms with van der Waals surface area (Å²) in [6, 6.07) is 5.82. The Labute approximate surface area is 291 Å². The highest BCUT2D eigenvalue weighted by Crippen LogP contribution is 2.80. The molecule has 13 nitrogen and oxygen atoms in total. The van der Waals surface area contributed by atoms with E-state index in [0.717, 1.165) is 4.90 Å². The third-order valence-corrected chi connectivity index (χ3v) is 14.3. The largest absolute Gasteiger partial charge is 0.461 e. The number of imide groups is 1. The zero-order valence-electron chi connectivity index (χ0n) is 29.3. The van der Waals surface area contributed by atoms with Crippen LogP contribution in [-0.2, 0) is 38.1 Å². The van der Waals surface area contributed by atoms with Gasteiger partial charge in [-0.3, -0.25) is 19.3 Å². The summed E-state index contributed by atoms with van der Waals surface area (Å²) in [6.45, 7) is 4.21. The molecule has 0 aromatic heterocycles. The third kappa shape index (κ3) is 3.94. The predicted molar refractivity (Wildman–Crippen MR) is 175 cm³/mol. The third-order valence-electron chi connectivity index (χ3n) is 14.3. The molecule has 7 aliphatic rings. The number of carbonyl (C=O) groups is 4. The number of carbonyl (C=O) groups excluding carboxylic acids is 4. The lowest BCUT2D eigenvalue weighted by atomic mass is 9.42. The molecule has 0 radical (unpaired) electrons. The number of esters is 2. The van der Waals surface area contributed by atoms with Crippen molar-refractivity contribution in [3.05, 3.63) is 29.8 Å². The number of rotatable bonds is 9. The smallest absolute Gasteiger partial charge is 0.340 e. The number of amides is 2. The second-order valence-corrected chi connectivity index (χ2v) is 15.7. The first-order valence-corrected chi connectivity index (χ1v) is 18.0. The van der Waals surface area contributed by atoms with Gasteiger partial charge in [0.25, 0.3) is 0 Å². The number of hydrogen-bond donors (Lipinski definition) is 2. The summed E-state index contributed by atoms with van der Waals surface area (Å²) in [7, 11) is 4.95.